The zero-order chi connectivity index (χ0) is 14.3. The summed E-state index contributed by atoms with van der Waals surface area (Å²) < 4.78 is 5.54. The van der Waals surface area contributed by atoms with E-state index in [4.69, 9.17) is 4.74 Å². The van der Waals surface area contributed by atoms with Crippen molar-refractivity contribution in [3.63, 3.8) is 0 Å². The number of carbonyl (C=O) groups excluding carboxylic acids is 1. The number of nitrogens with one attached hydrogen (secondary N) is 1. The van der Waals surface area contributed by atoms with E-state index in [2.05, 4.69) is 23.2 Å². The lowest BCUT2D eigenvalue weighted by atomic mass is 9.82. The molecule has 3 heteroatoms. The van der Waals surface area contributed by atoms with Gasteiger partial charge in [-0.3, -0.25) is 4.79 Å². The van der Waals surface area contributed by atoms with Gasteiger partial charge in [0.15, 0.2) is 0 Å². The van der Waals surface area contributed by atoms with Gasteiger partial charge in [0.05, 0.1) is 5.92 Å². The molecule has 3 nitrogen and oxygen atoms in total. The number of esters is 1. The summed E-state index contributed by atoms with van der Waals surface area (Å²) in [6.45, 7) is 5.77. The van der Waals surface area contributed by atoms with Crippen LogP contribution in [0.3, 0.4) is 0 Å². The highest BCUT2D eigenvalue weighted by molar-refractivity contribution is 5.85. The molecule has 0 saturated carbocycles. The Balaban J connectivity index is 1.87. The topological polar surface area (TPSA) is 42.1 Å². The zero-order valence-electron chi connectivity index (χ0n) is 12.3. The van der Waals surface area contributed by atoms with E-state index >= 15 is 0 Å². The average molecular weight is 271 g/mol. The van der Waals surface area contributed by atoms with Crippen molar-refractivity contribution >= 4 is 16.9 Å². The number of ether oxygens (including phenoxy) is 1. The standard InChI is InChI=1S/C17H21NO2/c1-17(2,3)20-16(19)12-5-4-11-6-7-15-13(8-9-18-15)14(11)10-12/h6-9,12,18H,4-5,10H2,1-3H3. The van der Waals surface area contributed by atoms with Gasteiger partial charge in [0, 0.05) is 17.1 Å². The highest BCUT2D eigenvalue weighted by Gasteiger charge is 2.29. The van der Waals surface area contributed by atoms with E-state index in [1.807, 2.05) is 27.0 Å². The molecular formula is C17H21NO2. The summed E-state index contributed by atoms with van der Waals surface area (Å²) in [4.78, 5) is 15.5. The molecule has 20 heavy (non-hydrogen) atoms. The summed E-state index contributed by atoms with van der Waals surface area (Å²) in [5, 5.41) is 1.25. The molecule has 2 aromatic rings. The predicted octanol–water partition coefficient (Wildman–Crippen LogP) is 3.61. The first-order valence-corrected chi connectivity index (χ1v) is 7.25. The van der Waals surface area contributed by atoms with E-state index in [9.17, 15) is 4.79 Å². The SMILES string of the molecule is CC(C)(C)OC(=O)C1CCc2ccc3[nH]ccc3c2C1. The number of hydrogen-bond acceptors (Lipinski definition) is 2. The summed E-state index contributed by atoms with van der Waals surface area (Å²) in [7, 11) is 0. The van der Waals surface area contributed by atoms with Gasteiger partial charge in [0.2, 0.25) is 0 Å². The van der Waals surface area contributed by atoms with E-state index in [0.717, 1.165) is 24.8 Å². The van der Waals surface area contributed by atoms with E-state index in [0.29, 0.717) is 0 Å². The maximum Gasteiger partial charge on any atom is 0.309 e. The van der Waals surface area contributed by atoms with E-state index in [1.165, 1.54) is 16.5 Å². The second-order valence-corrected chi connectivity index (χ2v) is 6.62. The van der Waals surface area contributed by atoms with Crippen LogP contribution in [0, 0.1) is 5.92 Å². The summed E-state index contributed by atoms with van der Waals surface area (Å²) in [5.74, 6) is -0.0714. The average Bonchev–Trinajstić information content (AvgIpc) is 2.84. The van der Waals surface area contributed by atoms with Crippen LogP contribution in [0.15, 0.2) is 24.4 Å². The molecule has 1 aromatic carbocycles. The monoisotopic (exact) mass is 271 g/mol. The van der Waals surface area contributed by atoms with Gasteiger partial charge < -0.3 is 9.72 Å². The third-order valence-corrected chi connectivity index (χ3v) is 3.90. The third-order valence-electron chi connectivity index (χ3n) is 3.90. The number of benzene rings is 1. The molecule has 1 unspecified atom stereocenters. The van der Waals surface area contributed by atoms with Crippen LogP contribution < -0.4 is 0 Å². The molecule has 1 aliphatic carbocycles. The van der Waals surface area contributed by atoms with Gasteiger partial charge in [-0.05, 0) is 63.3 Å². The second kappa shape index (κ2) is 4.65. The molecule has 0 bridgehead atoms. The zero-order valence-corrected chi connectivity index (χ0v) is 12.3. The first kappa shape index (κ1) is 13.2. The van der Waals surface area contributed by atoms with Crippen LogP contribution in [0.5, 0.6) is 0 Å². The molecular weight excluding hydrogens is 250 g/mol. The Hall–Kier alpha value is -1.77. The molecule has 0 aliphatic heterocycles. The largest absolute Gasteiger partial charge is 0.460 e. The molecule has 1 atom stereocenters. The molecule has 1 aliphatic rings. The fourth-order valence-corrected chi connectivity index (χ4v) is 2.98. The normalized spacial score (nSPS) is 18.9. The van der Waals surface area contributed by atoms with Gasteiger partial charge in [-0.1, -0.05) is 6.07 Å². The summed E-state index contributed by atoms with van der Waals surface area (Å²) >= 11 is 0. The third kappa shape index (κ3) is 2.45. The van der Waals surface area contributed by atoms with Gasteiger partial charge >= 0.3 is 5.97 Å². The molecule has 3 rings (SSSR count). The molecule has 0 saturated heterocycles. The molecule has 106 valence electrons. The second-order valence-electron chi connectivity index (χ2n) is 6.62. The molecule has 0 radical (unpaired) electrons. The van der Waals surface area contributed by atoms with Gasteiger partial charge in [-0.25, -0.2) is 0 Å². The maximum atomic E-state index is 12.3. The Morgan fingerprint density at radius 3 is 2.85 bits per heavy atom. The van der Waals surface area contributed by atoms with Gasteiger partial charge in [0.25, 0.3) is 0 Å². The first-order chi connectivity index (χ1) is 9.44. The smallest absolute Gasteiger partial charge is 0.309 e. The summed E-state index contributed by atoms with van der Waals surface area (Å²) in [5.41, 5.74) is 3.42. The van der Waals surface area contributed by atoms with Crippen LogP contribution in [-0.4, -0.2) is 16.6 Å². The van der Waals surface area contributed by atoms with Crippen LogP contribution in [0.1, 0.15) is 38.3 Å². The lowest BCUT2D eigenvalue weighted by Gasteiger charge is -2.27. The maximum absolute atomic E-state index is 12.3. The lowest BCUT2D eigenvalue weighted by molar-refractivity contribution is -0.160. The van der Waals surface area contributed by atoms with Gasteiger partial charge in [-0.15, -0.1) is 0 Å². The molecule has 0 fully saturated rings. The fourth-order valence-electron chi connectivity index (χ4n) is 2.98. The van der Waals surface area contributed by atoms with Crippen molar-refractivity contribution in [3.8, 4) is 0 Å². The van der Waals surface area contributed by atoms with E-state index < -0.39 is 5.60 Å². The number of rotatable bonds is 1. The van der Waals surface area contributed by atoms with E-state index in [1.54, 1.807) is 0 Å². The highest BCUT2D eigenvalue weighted by Crippen LogP contribution is 2.32. The van der Waals surface area contributed by atoms with Gasteiger partial charge in [0.1, 0.15) is 5.60 Å². The number of hydrogen-bond donors (Lipinski definition) is 1. The number of aryl methyl sites for hydroxylation is 1. The minimum Gasteiger partial charge on any atom is -0.460 e. The predicted molar refractivity (Wildman–Crippen MR) is 79.7 cm³/mol. The van der Waals surface area contributed by atoms with Crippen molar-refractivity contribution in [3.05, 3.63) is 35.5 Å². The lowest BCUT2D eigenvalue weighted by Crippen LogP contribution is -2.31. The number of aromatic nitrogens is 1. The summed E-state index contributed by atoms with van der Waals surface area (Å²) in [6, 6.07) is 6.41. The minimum atomic E-state index is -0.405. The Morgan fingerprint density at radius 2 is 2.10 bits per heavy atom. The van der Waals surface area contributed by atoms with Crippen LogP contribution in [-0.2, 0) is 22.4 Å². The van der Waals surface area contributed by atoms with Crippen molar-refractivity contribution < 1.29 is 9.53 Å². The first-order valence-electron chi connectivity index (χ1n) is 7.25. The molecule has 1 N–H and O–H groups in total. The Bertz CT molecular complexity index is 649. The Labute approximate surface area is 119 Å². The number of fused-ring (bicyclic) bond motifs is 3. The minimum absolute atomic E-state index is 0.0118. The summed E-state index contributed by atoms with van der Waals surface area (Å²) in [6.07, 6.45) is 4.60. The molecule has 0 spiro atoms. The molecule has 1 aromatic heterocycles. The van der Waals surface area contributed by atoms with Crippen molar-refractivity contribution in [2.24, 2.45) is 5.92 Å². The van der Waals surface area contributed by atoms with Crippen molar-refractivity contribution in [1.29, 1.82) is 0 Å². The number of aromatic amines is 1. The van der Waals surface area contributed by atoms with Crippen molar-refractivity contribution in [2.45, 2.75) is 45.6 Å². The van der Waals surface area contributed by atoms with Crippen LogP contribution >= 0.6 is 0 Å². The Morgan fingerprint density at radius 1 is 1.30 bits per heavy atom. The quantitative estimate of drug-likeness (QED) is 0.805. The number of H-pyrrole nitrogens is 1. The van der Waals surface area contributed by atoms with Crippen LogP contribution in [0.2, 0.25) is 0 Å². The highest BCUT2D eigenvalue weighted by atomic mass is 16.6. The van der Waals surface area contributed by atoms with Crippen LogP contribution in [0.25, 0.3) is 10.9 Å². The Kier molecular flexibility index (Phi) is 3.08. The number of carbonyl (C=O) groups is 1. The van der Waals surface area contributed by atoms with Gasteiger partial charge in [-0.2, -0.15) is 0 Å². The van der Waals surface area contributed by atoms with E-state index in [-0.39, 0.29) is 11.9 Å². The molecule has 0 amide bonds. The van der Waals surface area contributed by atoms with Crippen molar-refractivity contribution in [1.82, 2.24) is 4.98 Å². The molecule has 1 heterocycles. The fraction of sp³-hybridized carbons (Fsp3) is 0.471. The van der Waals surface area contributed by atoms with Crippen LogP contribution in [0.4, 0.5) is 0 Å². The van der Waals surface area contributed by atoms with Crippen molar-refractivity contribution in [2.75, 3.05) is 0 Å².